The third-order valence-electron chi connectivity index (χ3n) is 3.46. The molecule has 0 heterocycles. The summed E-state index contributed by atoms with van der Waals surface area (Å²) >= 11 is 0. The standard InChI is InChI=1S/C12H12O/c13-11(9-4-2-1-3-5-9)10-8-12(10)6-7-12/h1-5,10H,6-8H2. The topological polar surface area (TPSA) is 17.1 Å². The highest BCUT2D eigenvalue weighted by molar-refractivity contribution is 6.00. The van der Waals surface area contributed by atoms with E-state index in [1.807, 2.05) is 30.3 Å². The number of ketones is 1. The third kappa shape index (κ3) is 1.03. The highest BCUT2D eigenvalue weighted by Crippen LogP contribution is 2.71. The summed E-state index contributed by atoms with van der Waals surface area (Å²) in [5.41, 5.74) is 1.39. The van der Waals surface area contributed by atoms with Crippen LogP contribution in [0.1, 0.15) is 29.6 Å². The first-order chi connectivity index (χ1) is 6.32. The molecule has 1 aromatic carbocycles. The van der Waals surface area contributed by atoms with Crippen molar-refractivity contribution in [3.05, 3.63) is 35.9 Å². The predicted molar refractivity (Wildman–Crippen MR) is 50.5 cm³/mol. The van der Waals surface area contributed by atoms with Gasteiger partial charge in [0.25, 0.3) is 0 Å². The minimum absolute atomic E-state index is 0.370. The second-order valence-electron chi connectivity index (χ2n) is 4.35. The van der Waals surface area contributed by atoms with Crippen molar-refractivity contribution in [2.75, 3.05) is 0 Å². The molecule has 1 aromatic rings. The van der Waals surface area contributed by atoms with E-state index >= 15 is 0 Å². The monoisotopic (exact) mass is 172 g/mol. The summed E-state index contributed by atoms with van der Waals surface area (Å²) in [6.45, 7) is 0. The molecule has 2 aliphatic carbocycles. The first-order valence-corrected chi connectivity index (χ1v) is 4.91. The van der Waals surface area contributed by atoms with E-state index in [9.17, 15) is 4.79 Å². The Kier molecular flexibility index (Phi) is 1.25. The molecule has 0 bridgehead atoms. The van der Waals surface area contributed by atoms with Crippen molar-refractivity contribution in [2.45, 2.75) is 19.3 Å². The zero-order chi connectivity index (χ0) is 8.89. The highest BCUT2D eigenvalue weighted by Gasteiger charge is 2.65. The molecule has 2 aliphatic rings. The number of carbonyl (C=O) groups excluding carboxylic acids is 1. The van der Waals surface area contributed by atoms with E-state index in [4.69, 9.17) is 0 Å². The number of rotatable bonds is 2. The van der Waals surface area contributed by atoms with Gasteiger partial charge in [0.1, 0.15) is 0 Å². The molecule has 1 atom stereocenters. The number of benzene rings is 1. The molecular weight excluding hydrogens is 160 g/mol. The summed E-state index contributed by atoms with van der Waals surface area (Å²) in [5, 5.41) is 0. The van der Waals surface area contributed by atoms with E-state index in [0.717, 1.165) is 12.0 Å². The summed E-state index contributed by atoms with van der Waals surface area (Å²) in [5.74, 6) is 0.744. The minimum Gasteiger partial charge on any atom is -0.294 e. The Balaban J connectivity index is 1.83. The van der Waals surface area contributed by atoms with Crippen molar-refractivity contribution in [1.82, 2.24) is 0 Å². The maximum atomic E-state index is 11.9. The van der Waals surface area contributed by atoms with Crippen molar-refractivity contribution < 1.29 is 4.79 Å². The van der Waals surface area contributed by atoms with Crippen LogP contribution < -0.4 is 0 Å². The average Bonchev–Trinajstić information content (AvgIpc) is 3.09. The van der Waals surface area contributed by atoms with Crippen LogP contribution in [0.4, 0.5) is 0 Å². The smallest absolute Gasteiger partial charge is 0.166 e. The van der Waals surface area contributed by atoms with Crippen molar-refractivity contribution in [2.24, 2.45) is 11.3 Å². The van der Waals surface area contributed by atoms with Gasteiger partial charge in [-0.1, -0.05) is 30.3 Å². The molecule has 0 saturated heterocycles. The van der Waals surface area contributed by atoms with Crippen LogP contribution in [0.5, 0.6) is 0 Å². The van der Waals surface area contributed by atoms with Crippen LogP contribution in [0.25, 0.3) is 0 Å². The van der Waals surface area contributed by atoms with E-state index in [2.05, 4.69) is 0 Å². The van der Waals surface area contributed by atoms with Crippen molar-refractivity contribution in [1.29, 1.82) is 0 Å². The maximum Gasteiger partial charge on any atom is 0.166 e. The Labute approximate surface area is 77.8 Å². The van der Waals surface area contributed by atoms with Gasteiger partial charge in [0.15, 0.2) is 5.78 Å². The van der Waals surface area contributed by atoms with Gasteiger partial charge in [-0.05, 0) is 24.7 Å². The Morgan fingerprint density at radius 2 is 1.92 bits per heavy atom. The summed E-state index contributed by atoms with van der Waals surface area (Å²) < 4.78 is 0. The fraction of sp³-hybridized carbons (Fsp3) is 0.417. The first-order valence-electron chi connectivity index (χ1n) is 4.91. The predicted octanol–water partition coefficient (Wildman–Crippen LogP) is 2.67. The van der Waals surface area contributed by atoms with E-state index in [0.29, 0.717) is 17.1 Å². The van der Waals surface area contributed by atoms with Crippen LogP contribution in [0.3, 0.4) is 0 Å². The van der Waals surface area contributed by atoms with Gasteiger partial charge in [-0.15, -0.1) is 0 Å². The molecule has 0 N–H and O–H groups in total. The normalized spacial score (nSPS) is 27.2. The quantitative estimate of drug-likeness (QED) is 0.627. The summed E-state index contributed by atoms with van der Waals surface area (Å²) in [6.07, 6.45) is 3.73. The van der Waals surface area contributed by atoms with Gasteiger partial charge < -0.3 is 0 Å². The number of carbonyl (C=O) groups is 1. The van der Waals surface area contributed by atoms with Crippen LogP contribution in [0, 0.1) is 11.3 Å². The Morgan fingerprint density at radius 1 is 1.23 bits per heavy atom. The molecule has 3 rings (SSSR count). The lowest BCUT2D eigenvalue weighted by molar-refractivity contribution is 0.0959. The molecule has 0 amide bonds. The van der Waals surface area contributed by atoms with Gasteiger partial charge in [-0.3, -0.25) is 4.79 Å². The molecule has 0 aliphatic heterocycles. The van der Waals surface area contributed by atoms with Gasteiger partial charge in [-0.25, -0.2) is 0 Å². The lowest BCUT2D eigenvalue weighted by Gasteiger charge is -1.97. The Morgan fingerprint density at radius 3 is 2.46 bits per heavy atom. The zero-order valence-electron chi connectivity index (χ0n) is 7.49. The third-order valence-corrected chi connectivity index (χ3v) is 3.46. The van der Waals surface area contributed by atoms with Crippen molar-refractivity contribution >= 4 is 5.78 Å². The van der Waals surface area contributed by atoms with Crippen LogP contribution in [-0.2, 0) is 0 Å². The molecule has 1 heteroatoms. The summed E-state index contributed by atoms with van der Waals surface area (Å²) in [4.78, 5) is 11.9. The van der Waals surface area contributed by atoms with E-state index < -0.39 is 0 Å². The first kappa shape index (κ1) is 7.31. The van der Waals surface area contributed by atoms with Gasteiger partial charge in [0.05, 0.1) is 0 Å². The van der Waals surface area contributed by atoms with Crippen LogP contribution in [0.15, 0.2) is 30.3 Å². The molecule has 66 valence electrons. The molecule has 1 spiro atoms. The van der Waals surface area contributed by atoms with Crippen molar-refractivity contribution in [3.8, 4) is 0 Å². The molecule has 13 heavy (non-hydrogen) atoms. The van der Waals surface area contributed by atoms with E-state index in [1.165, 1.54) is 12.8 Å². The van der Waals surface area contributed by atoms with Crippen LogP contribution in [-0.4, -0.2) is 5.78 Å². The second kappa shape index (κ2) is 2.22. The fourth-order valence-corrected chi connectivity index (χ4v) is 2.24. The number of hydrogen-bond donors (Lipinski definition) is 0. The lowest BCUT2D eigenvalue weighted by Crippen LogP contribution is -2.02. The highest BCUT2D eigenvalue weighted by atomic mass is 16.1. The molecular formula is C12H12O. The minimum atomic E-state index is 0.370. The molecule has 0 aromatic heterocycles. The zero-order valence-corrected chi connectivity index (χ0v) is 7.49. The fourth-order valence-electron chi connectivity index (χ4n) is 2.24. The van der Waals surface area contributed by atoms with Crippen LogP contribution in [0.2, 0.25) is 0 Å². The maximum absolute atomic E-state index is 11.9. The SMILES string of the molecule is O=C(c1ccccc1)C1CC12CC2. The summed E-state index contributed by atoms with van der Waals surface area (Å²) in [7, 11) is 0. The van der Waals surface area contributed by atoms with Gasteiger partial charge in [0, 0.05) is 11.5 Å². The van der Waals surface area contributed by atoms with E-state index in [1.54, 1.807) is 0 Å². The Hall–Kier alpha value is -1.11. The average molecular weight is 172 g/mol. The molecule has 0 radical (unpaired) electrons. The van der Waals surface area contributed by atoms with Gasteiger partial charge >= 0.3 is 0 Å². The van der Waals surface area contributed by atoms with Crippen LogP contribution >= 0.6 is 0 Å². The summed E-state index contributed by atoms with van der Waals surface area (Å²) in [6, 6.07) is 9.69. The largest absolute Gasteiger partial charge is 0.294 e. The van der Waals surface area contributed by atoms with Gasteiger partial charge in [0.2, 0.25) is 0 Å². The number of Topliss-reactive ketones (excluding diaryl/α,β-unsaturated/α-hetero) is 1. The molecule has 1 nitrogen and oxygen atoms in total. The van der Waals surface area contributed by atoms with Gasteiger partial charge in [-0.2, -0.15) is 0 Å². The Bertz CT molecular complexity index is 349. The number of hydrogen-bond acceptors (Lipinski definition) is 1. The molecule has 1 unspecified atom stereocenters. The lowest BCUT2D eigenvalue weighted by atomic mass is 10.1. The van der Waals surface area contributed by atoms with E-state index in [-0.39, 0.29) is 0 Å². The molecule has 2 saturated carbocycles. The molecule has 2 fully saturated rings. The van der Waals surface area contributed by atoms with Crippen molar-refractivity contribution in [3.63, 3.8) is 0 Å². The second-order valence-corrected chi connectivity index (χ2v) is 4.35.